The molecule has 0 aliphatic rings. The highest BCUT2D eigenvalue weighted by molar-refractivity contribution is 7.90. The predicted octanol–water partition coefficient (Wildman–Crippen LogP) is 1.02. The van der Waals surface area contributed by atoms with Gasteiger partial charge in [-0.05, 0) is 11.6 Å². The van der Waals surface area contributed by atoms with Gasteiger partial charge in [-0.2, -0.15) is 13.2 Å². The molecule has 1 heterocycles. The van der Waals surface area contributed by atoms with Gasteiger partial charge in [0.05, 0.1) is 0 Å². The number of hydrogen-bond acceptors (Lipinski definition) is 3. The number of hydrogen-bond donors (Lipinski definition) is 1. The average molecular weight is 240 g/mol. The minimum Gasteiger partial charge on any atom is -0.264 e. The van der Waals surface area contributed by atoms with Crippen LogP contribution in [0.3, 0.4) is 0 Å². The van der Waals surface area contributed by atoms with E-state index in [0.717, 1.165) is 0 Å². The van der Waals surface area contributed by atoms with Crippen LogP contribution in [0.4, 0.5) is 13.2 Å². The van der Waals surface area contributed by atoms with Gasteiger partial charge in [0.25, 0.3) is 0 Å². The van der Waals surface area contributed by atoms with E-state index < -0.39 is 22.1 Å². The summed E-state index contributed by atoms with van der Waals surface area (Å²) in [6.45, 7) is -0.435. The molecule has 0 aliphatic heterocycles. The van der Waals surface area contributed by atoms with Crippen molar-refractivity contribution >= 4 is 10.0 Å². The highest BCUT2D eigenvalue weighted by Crippen LogP contribution is 2.21. The fourth-order valence-corrected chi connectivity index (χ4v) is 1.28. The molecule has 0 bridgehead atoms. The molecule has 0 saturated heterocycles. The highest BCUT2D eigenvalue weighted by atomic mass is 32.2. The Bertz CT molecular complexity index is 416. The van der Waals surface area contributed by atoms with Gasteiger partial charge in [-0.25, -0.2) is 13.1 Å². The summed E-state index contributed by atoms with van der Waals surface area (Å²) in [6.07, 6.45) is 2.71. The van der Waals surface area contributed by atoms with Crippen molar-refractivity contribution in [3.8, 4) is 0 Å². The lowest BCUT2D eigenvalue weighted by Gasteiger charge is -2.08. The van der Waals surface area contributed by atoms with Gasteiger partial charge in [-0.3, -0.25) is 4.98 Å². The number of halogens is 3. The van der Waals surface area contributed by atoms with Crippen molar-refractivity contribution in [2.75, 3.05) is 0 Å². The number of aromatic nitrogens is 1. The van der Waals surface area contributed by atoms with Gasteiger partial charge >= 0.3 is 15.5 Å². The Morgan fingerprint density at radius 1 is 1.40 bits per heavy atom. The van der Waals surface area contributed by atoms with Crippen molar-refractivity contribution in [1.29, 1.82) is 0 Å². The van der Waals surface area contributed by atoms with Crippen LogP contribution in [0.2, 0.25) is 0 Å². The van der Waals surface area contributed by atoms with Crippen molar-refractivity contribution in [2.24, 2.45) is 0 Å². The summed E-state index contributed by atoms with van der Waals surface area (Å²) in [5, 5.41) is 0. The molecule has 15 heavy (non-hydrogen) atoms. The molecule has 0 spiro atoms. The largest absolute Gasteiger partial charge is 0.511 e. The number of nitrogens with one attached hydrogen (secondary N) is 1. The van der Waals surface area contributed by atoms with Crippen LogP contribution in [-0.2, 0) is 16.6 Å². The van der Waals surface area contributed by atoms with Gasteiger partial charge in [0, 0.05) is 18.9 Å². The number of rotatable bonds is 3. The number of nitrogens with zero attached hydrogens (tertiary/aromatic N) is 1. The molecule has 0 aromatic carbocycles. The maximum atomic E-state index is 11.9. The van der Waals surface area contributed by atoms with Gasteiger partial charge in [0.15, 0.2) is 0 Å². The van der Waals surface area contributed by atoms with Crippen molar-refractivity contribution in [3.63, 3.8) is 0 Å². The van der Waals surface area contributed by atoms with Crippen molar-refractivity contribution in [2.45, 2.75) is 12.1 Å². The Morgan fingerprint density at radius 2 is 2.07 bits per heavy atom. The smallest absolute Gasteiger partial charge is 0.264 e. The summed E-state index contributed by atoms with van der Waals surface area (Å²) in [5.74, 6) is 0. The summed E-state index contributed by atoms with van der Waals surface area (Å²) < 4.78 is 58.2. The molecule has 0 amide bonds. The van der Waals surface area contributed by atoms with Crippen LogP contribution in [0, 0.1) is 0 Å². The molecule has 1 rings (SSSR count). The minimum atomic E-state index is -5.28. The normalized spacial score (nSPS) is 12.7. The fourth-order valence-electron chi connectivity index (χ4n) is 0.763. The number of pyridine rings is 1. The van der Waals surface area contributed by atoms with Gasteiger partial charge in [-0.1, -0.05) is 6.07 Å². The highest BCUT2D eigenvalue weighted by Gasteiger charge is 2.45. The van der Waals surface area contributed by atoms with Crippen LogP contribution in [0.5, 0.6) is 0 Å². The second kappa shape index (κ2) is 4.15. The van der Waals surface area contributed by atoms with Crippen molar-refractivity contribution < 1.29 is 21.6 Å². The standard InChI is InChI=1S/C7H7F3N2O2S/c8-7(9,10)15(13,14)12-5-6-2-1-3-11-4-6/h1-4,12H,5H2. The van der Waals surface area contributed by atoms with E-state index in [1.807, 2.05) is 0 Å². The molecule has 0 atom stereocenters. The van der Waals surface area contributed by atoms with Crippen LogP contribution in [-0.4, -0.2) is 18.9 Å². The van der Waals surface area contributed by atoms with E-state index >= 15 is 0 Å². The first-order valence-electron chi connectivity index (χ1n) is 3.78. The maximum absolute atomic E-state index is 11.9. The Balaban J connectivity index is 2.67. The molecule has 0 aliphatic carbocycles. The van der Waals surface area contributed by atoms with Gasteiger partial charge < -0.3 is 0 Å². The van der Waals surface area contributed by atoms with Gasteiger partial charge in [0.2, 0.25) is 0 Å². The summed E-state index contributed by atoms with van der Waals surface area (Å²) in [5.41, 5.74) is -4.93. The van der Waals surface area contributed by atoms with E-state index in [0.29, 0.717) is 5.56 Å². The van der Waals surface area contributed by atoms with Crippen LogP contribution >= 0.6 is 0 Å². The van der Waals surface area contributed by atoms with E-state index in [-0.39, 0.29) is 0 Å². The van der Waals surface area contributed by atoms with Gasteiger partial charge in [0.1, 0.15) is 0 Å². The molecule has 0 radical (unpaired) electrons. The van der Waals surface area contributed by atoms with E-state index in [2.05, 4.69) is 4.98 Å². The third-order valence-electron chi connectivity index (χ3n) is 1.49. The average Bonchev–Trinajstić information content (AvgIpc) is 2.15. The molecule has 8 heteroatoms. The first-order chi connectivity index (χ1) is 6.83. The first kappa shape index (κ1) is 11.9. The molecule has 4 nitrogen and oxygen atoms in total. The monoisotopic (exact) mass is 240 g/mol. The van der Waals surface area contributed by atoms with E-state index in [4.69, 9.17) is 0 Å². The maximum Gasteiger partial charge on any atom is 0.511 e. The second-order valence-electron chi connectivity index (χ2n) is 2.63. The van der Waals surface area contributed by atoms with Crippen molar-refractivity contribution in [1.82, 2.24) is 9.71 Å². The molecular formula is C7H7F3N2O2S. The third-order valence-corrected chi connectivity index (χ3v) is 2.63. The summed E-state index contributed by atoms with van der Waals surface area (Å²) >= 11 is 0. The fraction of sp³-hybridized carbons (Fsp3) is 0.286. The molecule has 1 aromatic heterocycles. The molecule has 0 fully saturated rings. The topological polar surface area (TPSA) is 59.1 Å². The SMILES string of the molecule is O=S(=O)(NCc1cccnc1)C(F)(F)F. The zero-order valence-corrected chi connectivity index (χ0v) is 8.14. The second-order valence-corrected chi connectivity index (χ2v) is 4.39. The molecule has 1 N–H and O–H groups in total. The minimum absolute atomic E-state index is 0.352. The molecule has 0 saturated carbocycles. The number of alkyl halides is 3. The Morgan fingerprint density at radius 3 is 2.53 bits per heavy atom. The zero-order valence-electron chi connectivity index (χ0n) is 7.32. The summed E-state index contributed by atoms with van der Waals surface area (Å²) in [7, 11) is -5.27. The summed E-state index contributed by atoms with van der Waals surface area (Å²) in [6, 6.07) is 2.96. The van der Waals surface area contributed by atoms with Crippen LogP contribution < -0.4 is 4.72 Å². The Hall–Kier alpha value is -1.15. The molecule has 1 aromatic rings. The molecule has 84 valence electrons. The lowest BCUT2D eigenvalue weighted by Crippen LogP contribution is -2.35. The predicted molar refractivity (Wildman–Crippen MR) is 46.1 cm³/mol. The zero-order chi connectivity index (χ0) is 11.5. The first-order valence-corrected chi connectivity index (χ1v) is 5.26. The quantitative estimate of drug-likeness (QED) is 0.858. The lowest BCUT2D eigenvalue weighted by atomic mass is 10.3. The van der Waals surface area contributed by atoms with E-state index in [9.17, 15) is 21.6 Å². The van der Waals surface area contributed by atoms with Crippen molar-refractivity contribution in [3.05, 3.63) is 30.1 Å². The summed E-state index contributed by atoms with van der Waals surface area (Å²) in [4.78, 5) is 3.63. The Labute approximate surface area is 84.2 Å². The molecule has 0 unspecified atom stereocenters. The van der Waals surface area contributed by atoms with E-state index in [1.54, 1.807) is 0 Å². The number of sulfonamides is 1. The third kappa shape index (κ3) is 3.17. The lowest BCUT2D eigenvalue weighted by molar-refractivity contribution is -0.0448. The Kier molecular flexibility index (Phi) is 3.30. The van der Waals surface area contributed by atoms with Gasteiger partial charge in [-0.15, -0.1) is 0 Å². The van der Waals surface area contributed by atoms with E-state index in [1.165, 1.54) is 29.2 Å². The van der Waals surface area contributed by atoms with Crippen LogP contribution in [0.25, 0.3) is 0 Å². The molecular weight excluding hydrogens is 233 g/mol. The van der Waals surface area contributed by atoms with Crippen LogP contribution in [0.1, 0.15) is 5.56 Å². The van der Waals surface area contributed by atoms with Crippen LogP contribution in [0.15, 0.2) is 24.5 Å².